The van der Waals surface area contributed by atoms with E-state index >= 15 is 0 Å². The Morgan fingerprint density at radius 2 is 2.19 bits per heavy atom. The van der Waals surface area contributed by atoms with Gasteiger partial charge in [-0.05, 0) is 44.5 Å². The quantitative estimate of drug-likeness (QED) is 0.752. The van der Waals surface area contributed by atoms with Crippen LogP contribution in [0.2, 0.25) is 0 Å². The van der Waals surface area contributed by atoms with Crippen molar-refractivity contribution in [1.29, 1.82) is 0 Å². The molecule has 0 fully saturated rings. The van der Waals surface area contributed by atoms with Crippen molar-refractivity contribution >= 4 is 0 Å². The zero-order chi connectivity index (χ0) is 12.0. The molecule has 0 amide bonds. The summed E-state index contributed by atoms with van der Waals surface area (Å²) in [4.78, 5) is 0. The lowest BCUT2D eigenvalue weighted by molar-refractivity contribution is 0.208. The predicted octanol–water partition coefficient (Wildman–Crippen LogP) is 2.90. The highest BCUT2D eigenvalue weighted by molar-refractivity contribution is 5.29. The summed E-state index contributed by atoms with van der Waals surface area (Å²) < 4.78 is 18.9. The first-order chi connectivity index (χ1) is 7.63. The normalized spacial score (nSPS) is 12.5. The summed E-state index contributed by atoms with van der Waals surface area (Å²) in [7, 11) is 0. The average Bonchev–Trinajstić information content (AvgIpc) is 2.24. The second-order valence-electron chi connectivity index (χ2n) is 4.07. The van der Waals surface area contributed by atoms with Crippen molar-refractivity contribution in [2.24, 2.45) is 0 Å². The van der Waals surface area contributed by atoms with Crippen molar-refractivity contribution in [1.82, 2.24) is 5.32 Å². The number of hydrogen-bond donors (Lipinski definition) is 1. The minimum atomic E-state index is -0.298. The van der Waals surface area contributed by atoms with Crippen LogP contribution in [0.25, 0.3) is 0 Å². The number of rotatable bonds is 6. The van der Waals surface area contributed by atoms with Crippen LogP contribution in [-0.2, 0) is 0 Å². The van der Waals surface area contributed by atoms with E-state index in [0.29, 0.717) is 5.75 Å². The largest absolute Gasteiger partial charge is 0.486 e. The van der Waals surface area contributed by atoms with Crippen LogP contribution in [0.15, 0.2) is 18.2 Å². The predicted molar refractivity (Wildman–Crippen MR) is 64.4 cm³/mol. The van der Waals surface area contributed by atoms with E-state index in [-0.39, 0.29) is 11.9 Å². The van der Waals surface area contributed by atoms with E-state index in [0.717, 1.165) is 25.1 Å². The van der Waals surface area contributed by atoms with Crippen LogP contribution in [0.5, 0.6) is 5.75 Å². The van der Waals surface area contributed by atoms with Crippen LogP contribution < -0.4 is 10.1 Å². The third kappa shape index (κ3) is 4.19. The fourth-order valence-corrected chi connectivity index (χ4v) is 1.44. The number of halogens is 1. The summed E-state index contributed by atoms with van der Waals surface area (Å²) in [5, 5.41) is 3.24. The molecular formula is C13H20FNO. The molecule has 1 N–H and O–H groups in total. The highest BCUT2D eigenvalue weighted by Gasteiger charge is 2.08. The number of nitrogens with one attached hydrogen (secondary N) is 1. The number of aryl methyl sites for hydroxylation is 1. The molecular weight excluding hydrogens is 205 g/mol. The van der Waals surface area contributed by atoms with Gasteiger partial charge in [-0.3, -0.25) is 0 Å². The molecule has 2 nitrogen and oxygen atoms in total. The Balaban J connectivity index is 2.48. The number of ether oxygens (including phenoxy) is 1. The van der Waals surface area contributed by atoms with Crippen molar-refractivity contribution in [3.8, 4) is 5.75 Å². The highest BCUT2D eigenvalue weighted by atomic mass is 19.1. The van der Waals surface area contributed by atoms with Crippen LogP contribution in [0, 0.1) is 12.7 Å². The van der Waals surface area contributed by atoms with Gasteiger partial charge >= 0.3 is 0 Å². The minimum absolute atomic E-state index is 0.0251. The molecule has 1 atom stereocenters. The third-order valence-corrected chi connectivity index (χ3v) is 2.27. The van der Waals surface area contributed by atoms with Gasteiger partial charge < -0.3 is 10.1 Å². The fourth-order valence-electron chi connectivity index (χ4n) is 1.44. The molecule has 1 aromatic rings. The molecule has 0 aliphatic rings. The van der Waals surface area contributed by atoms with Crippen LogP contribution in [0.1, 0.15) is 25.8 Å². The van der Waals surface area contributed by atoms with E-state index in [4.69, 9.17) is 4.74 Å². The van der Waals surface area contributed by atoms with Crippen molar-refractivity contribution in [2.45, 2.75) is 33.3 Å². The van der Waals surface area contributed by atoms with Gasteiger partial charge in [0.25, 0.3) is 0 Å². The van der Waals surface area contributed by atoms with Crippen LogP contribution in [0.3, 0.4) is 0 Å². The van der Waals surface area contributed by atoms with Gasteiger partial charge in [0.2, 0.25) is 0 Å². The summed E-state index contributed by atoms with van der Waals surface area (Å²) in [6.07, 6.45) is 1.06. The van der Waals surface area contributed by atoms with Gasteiger partial charge in [0.05, 0.1) is 0 Å². The summed E-state index contributed by atoms with van der Waals surface area (Å²) in [5.74, 6) is 0.0405. The Hall–Kier alpha value is -1.09. The van der Waals surface area contributed by atoms with E-state index in [1.807, 2.05) is 13.8 Å². The zero-order valence-electron chi connectivity index (χ0n) is 10.2. The molecule has 16 heavy (non-hydrogen) atoms. The lowest BCUT2D eigenvalue weighted by atomic mass is 10.2. The Labute approximate surface area is 96.8 Å². The molecule has 0 saturated heterocycles. The van der Waals surface area contributed by atoms with E-state index < -0.39 is 0 Å². The average molecular weight is 225 g/mol. The molecule has 3 heteroatoms. The molecule has 0 aliphatic carbocycles. The van der Waals surface area contributed by atoms with Gasteiger partial charge in [-0.1, -0.05) is 13.0 Å². The molecule has 1 aromatic carbocycles. The standard InChI is InChI=1S/C13H20FNO/c1-4-7-15-9-11(3)16-13-8-10(2)5-6-12(13)14/h5-6,8,11,15H,4,7,9H2,1-3H3. The fraction of sp³-hybridized carbons (Fsp3) is 0.538. The molecule has 0 aliphatic heterocycles. The highest BCUT2D eigenvalue weighted by Crippen LogP contribution is 2.19. The van der Waals surface area contributed by atoms with Crippen molar-refractivity contribution in [3.05, 3.63) is 29.6 Å². The second kappa shape index (κ2) is 6.48. The van der Waals surface area contributed by atoms with Gasteiger partial charge in [-0.15, -0.1) is 0 Å². The minimum Gasteiger partial charge on any atom is -0.486 e. The summed E-state index contributed by atoms with van der Waals surface area (Å²) >= 11 is 0. The lowest BCUT2D eigenvalue weighted by Crippen LogP contribution is -2.29. The van der Waals surface area contributed by atoms with Crippen LogP contribution >= 0.6 is 0 Å². The molecule has 0 heterocycles. The van der Waals surface area contributed by atoms with Crippen molar-refractivity contribution in [2.75, 3.05) is 13.1 Å². The number of hydrogen-bond acceptors (Lipinski definition) is 2. The molecule has 0 radical (unpaired) electrons. The molecule has 1 rings (SSSR count). The topological polar surface area (TPSA) is 21.3 Å². The smallest absolute Gasteiger partial charge is 0.165 e. The maximum Gasteiger partial charge on any atom is 0.165 e. The Bertz CT molecular complexity index is 328. The van der Waals surface area contributed by atoms with Gasteiger partial charge in [0.15, 0.2) is 11.6 Å². The molecule has 0 aromatic heterocycles. The van der Waals surface area contributed by atoms with E-state index in [1.165, 1.54) is 6.07 Å². The van der Waals surface area contributed by atoms with Gasteiger partial charge in [0, 0.05) is 6.54 Å². The lowest BCUT2D eigenvalue weighted by Gasteiger charge is -2.16. The second-order valence-corrected chi connectivity index (χ2v) is 4.07. The molecule has 90 valence electrons. The van der Waals surface area contributed by atoms with Crippen molar-refractivity contribution < 1.29 is 9.13 Å². The zero-order valence-corrected chi connectivity index (χ0v) is 10.2. The molecule has 0 bridgehead atoms. The Morgan fingerprint density at radius 3 is 2.88 bits per heavy atom. The monoisotopic (exact) mass is 225 g/mol. The Morgan fingerprint density at radius 1 is 1.44 bits per heavy atom. The van der Waals surface area contributed by atoms with E-state index in [1.54, 1.807) is 12.1 Å². The van der Waals surface area contributed by atoms with Gasteiger partial charge in [0.1, 0.15) is 6.10 Å². The van der Waals surface area contributed by atoms with Crippen LogP contribution in [0.4, 0.5) is 4.39 Å². The first kappa shape index (κ1) is 13.0. The molecule has 0 saturated carbocycles. The maximum absolute atomic E-state index is 13.4. The Kier molecular flexibility index (Phi) is 5.26. The van der Waals surface area contributed by atoms with Gasteiger partial charge in [-0.2, -0.15) is 0 Å². The third-order valence-electron chi connectivity index (χ3n) is 2.27. The SMILES string of the molecule is CCCNCC(C)Oc1cc(C)ccc1F. The number of benzene rings is 1. The first-order valence-corrected chi connectivity index (χ1v) is 5.77. The summed E-state index contributed by atoms with van der Waals surface area (Å²) in [6.45, 7) is 7.67. The van der Waals surface area contributed by atoms with E-state index in [9.17, 15) is 4.39 Å². The van der Waals surface area contributed by atoms with Crippen LogP contribution in [-0.4, -0.2) is 19.2 Å². The summed E-state index contributed by atoms with van der Waals surface area (Å²) in [5.41, 5.74) is 1.00. The van der Waals surface area contributed by atoms with E-state index in [2.05, 4.69) is 12.2 Å². The first-order valence-electron chi connectivity index (χ1n) is 5.77. The summed E-state index contributed by atoms with van der Waals surface area (Å²) in [6, 6.07) is 4.91. The van der Waals surface area contributed by atoms with Crippen molar-refractivity contribution in [3.63, 3.8) is 0 Å². The maximum atomic E-state index is 13.4. The molecule has 0 spiro atoms. The molecule has 1 unspecified atom stereocenters. The van der Waals surface area contributed by atoms with Gasteiger partial charge in [-0.25, -0.2) is 4.39 Å².